The Labute approximate surface area is 169 Å². The van der Waals surface area contributed by atoms with Gasteiger partial charge in [-0.3, -0.25) is 9.59 Å². The SMILES string of the molecule is CC(C)(C)OC(=O)CNS(=O)(=O)c1ccc(NC(=O)c2ccc(C#N)cc2)cc1. The number of rotatable bonds is 6. The first-order valence-electron chi connectivity index (χ1n) is 8.63. The first kappa shape index (κ1) is 22.1. The lowest BCUT2D eigenvalue weighted by atomic mass is 10.1. The molecule has 0 radical (unpaired) electrons. The summed E-state index contributed by atoms with van der Waals surface area (Å²) in [6.07, 6.45) is 0. The van der Waals surface area contributed by atoms with Crippen molar-refractivity contribution in [1.29, 1.82) is 5.26 Å². The Morgan fingerprint density at radius 1 is 1.03 bits per heavy atom. The van der Waals surface area contributed by atoms with E-state index in [1.165, 1.54) is 48.5 Å². The highest BCUT2D eigenvalue weighted by atomic mass is 32.2. The summed E-state index contributed by atoms with van der Waals surface area (Å²) in [5, 5.41) is 11.4. The summed E-state index contributed by atoms with van der Waals surface area (Å²) in [5.41, 5.74) is 0.484. The van der Waals surface area contributed by atoms with E-state index < -0.39 is 34.0 Å². The predicted molar refractivity (Wildman–Crippen MR) is 107 cm³/mol. The molecule has 2 rings (SSSR count). The van der Waals surface area contributed by atoms with Gasteiger partial charge in [-0.15, -0.1) is 0 Å². The lowest BCUT2D eigenvalue weighted by Gasteiger charge is -2.19. The first-order valence-corrected chi connectivity index (χ1v) is 10.1. The van der Waals surface area contributed by atoms with Gasteiger partial charge in [-0.25, -0.2) is 8.42 Å². The number of carbonyl (C=O) groups is 2. The van der Waals surface area contributed by atoms with Crippen molar-refractivity contribution in [3.05, 3.63) is 59.7 Å². The Morgan fingerprint density at radius 3 is 2.14 bits per heavy atom. The van der Waals surface area contributed by atoms with E-state index >= 15 is 0 Å². The fraction of sp³-hybridized carbons (Fsp3) is 0.250. The molecule has 29 heavy (non-hydrogen) atoms. The highest BCUT2D eigenvalue weighted by molar-refractivity contribution is 7.89. The summed E-state index contributed by atoms with van der Waals surface area (Å²) in [4.78, 5) is 23.8. The second-order valence-electron chi connectivity index (χ2n) is 7.08. The van der Waals surface area contributed by atoms with Crippen LogP contribution in [-0.2, 0) is 19.6 Å². The fourth-order valence-corrected chi connectivity index (χ4v) is 3.20. The molecule has 0 heterocycles. The van der Waals surface area contributed by atoms with E-state index in [1.807, 2.05) is 6.07 Å². The number of amides is 1. The molecule has 0 saturated carbocycles. The number of nitrogens with zero attached hydrogens (tertiary/aromatic N) is 1. The van der Waals surface area contributed by atoms with Crippen LogP contribution >= 0.6 is 0 Å². The Kier molecular flexibility index (Phi) is 6.74. The minimum Gasteiger partial charge on any atom is -0.459 e. The zero-order valence-electron chi connectivity index (χ0n) is 16.2. The smallest absolute Gasteiger partial charge is 0.321 e. The van der Waals surface area contributed by atoms with Crippen molar-refractivity contribution in [3.63, 3.8) is 0 Å². The molecule has 2 aromatic carbocycles. The van der Waals surface area contributed by atoms with Crippen LogP contribution in [0, 0.1) is 11.3 Å². The summed E-state index contributed by atoms with van der Waals surface area (Å²) < 4.78 is 31.8. The summed E-state index contributed by atoms with van der Waals surface area (Å²) in [6.45, 7) is 4.57. The third-order valence-corrected chi connectivity index (χ3v) is 4.94. The van der Waals surface area contributed by atoms with E-state index in [1.54, 1.807) is 20.8 Å². The Hall–Kier alpha value is -3.22. The second-order valence-corrected chi connectivity index (χ2v) is 8.85. The van der Waals surface area contributed by atoms with Gasteiger partial charge in [-0.1, -0.05) is 0 Å². The standard InChI is InChI=1S/C20H21N3O5S/c1-20(2,3)28-18(24)13-22-29(26,27)17-10-8-16(9-11-17)23-19(25)15-6-4-14(12-21)5-7-15/h4-11,22H,13H2,1-3H3,(H,23,25). The van der Waals surface area contributed by atoms with Crippen LogP contribution in [-0.4, -0.2) is 32.4 Å². The van der Waals surface area contributed by atoms with Crippen molar-refractivity contribution in [2.45, 2.75) is 31.3 Å². The predicted octanol–water partition coefficient (Wildman–Crippen LogP) is 2.43. The normalized spacial score (nSPS) is 11.4. The maximum absolute atomic E-state index is 12.3. The van der Waals surface area contributed by atoms with Gasteiger partial charge >= 0.3 is 5.97 Å². The molecule has 0 atom stereocenters. The van der Waals surface area contributed by atoms with Gasteiger partial charge in [0.05, 0.1) is 16.5 Å². The molecular weight excluding hydrogens is 394 g/mol. The van der Waals surface area contributed by atoms with Gasteiger partial charge in [0.1, 0.15) is 12.1 Å². The van der Waals surface area contributed by atoms with Crippen molar-refractivity contribution >= 4 is 27.6 Å². The minimum absolute atomic E-state index is 0.0579. The van der Waals surface area contributed by atoms with Gasteiger partial charge in [-0.2, -0.15) is 9.98 Å². The highest BCUT2D eigenvalue weighted by Crippen LogP contribution is 2.15. The van der Waals surface area contributed by atoms with Crippen LogP contribution in [0.2, 0.25) is 0 Å². The van der Waals surface area contributed by atoms with Gasteiger partial charge in [0.15, 0.2) is 0 Å². The minimum atomic E-state index is -3.91. The maximum atomic E-state index is 12.3. The summed E-state index contributed by atoms with van der Waals surface area (Å²) >= 11 is 0. The van der Waals surface area contributed by atoms with Crippen molar-refractivity contribution < 1.29 is 22.7 Å². The molecule has 8 nitrogen and oxygen atoms in total. The Morgan fingerprint density at radius 2 is 1.62 bits per heavy atom. The molecule has 2 aromatic rings. The molecule has 0 unspecified atom stereocenters. The quantitative estimate of drug-likeness (QED) is 0.698. The number of hydrogen-bond acceptors (Lipinski definition) is 6. The van der Waals surface area contributed by atoms with Crippen molar-refractivity contribution in [3.8, 4) is 6.07 Å². The number of anilines is 1. The summed E-state index contributed by atoms with van der Waals surface area (Å²) in [6, 6.07) is 13.6. The van der Waals surface area contributed by atoms with E-state index in [0.29, 0.717) is 16.8 Å². The molecular formula is C20H21N3O5S. The van der Waals surface area contributed by atoms with Crippen LogP contribution in [0.25, 0.3) is 0 Å². The number of esters is 1. The number of sulfonamides is 1. The molecule has 0 aliphatic heterocycles. The van der Waals surface area contributed by atoms with Crippen LogP contribution in [0.4, 0.5) is 5.69 Å². The maximum Gasteiger partial charge on any atom is 0.321 e. The van der Waals surface area contributed by atoms with E-state index in [-0.39, 0.29) is 4.90 Å². The molecule has 1 amide bonds. The molecule has 0 saturated heterocycles. The summed E-state index contributed by atoms with van der Waals surface area (Å²) in [5.74, 6) is -1.08. The highest BCUT2D eigenvalue weighted by Gasteiger charge is 2.20. The van der Waals surface area contributed by atoms with Crippen LogP contribution in [0.1, 0.15) is 36.7 Å². The second kappa shape index (κ2) is 8.86. The number of nitrogens with one attached hydrogen (secondary N) is 2. The summed E-state index contributed by atoms with van der Waals surface area (Å²) in [7, 11) is -3.91. The van der Waals surface area contributed by atoms with Gasteiger partial charge in [0.25, 0.3) is 5.91 Å². The van der Waals surface area contributed by atoms with E-state index in [9.17, 15) is 18.0 Å². The molecule has 0 aliphatic rings. The van der Waals surface area contributed by atoms with Gasteiger partial charge < -0.3 is 10.1 Å². The van der Waals surface area contributed by atoms with Gasteiger partial charge in [0, 0.05) is 11.3 Å². The number of nitriles is 1. The van der Waals surface area contributed by atoms with Crippen molar-refractivity contribution in [1.82, 2.24) is 4.72 Å². The third kappa shape index (κ3) is 6.71. The Balaban J connectivity index is 2.00. The van der Waals surface area contributed by atoms with Crippen molar-refractivity contribution in [2.24, 2.45) is 0 Å². The third-order valence-electron chi connectivity index (χ3n) is 3.53. The number of carbonyl (C=O) groups excluding carboxylic acids is 2. The van der Waals surface area contributed by atoms with Crippen LogP contribution in [0.5, 0.6) is 0 Å². The molecule has 0 bridgehead atoms. The van der Waals surface area contributed by atoms with Crippen LogP contribution < -0.4 is 10.0 Å². The topological polar surface area (TPSA) is 125 Å². The van der Waals surface area contributed by atoms with Gasteiger partial charge in [0.2, 0.25) is 10.0 Å². The fourth-order valence-electron chi connectivity index (χ4n) is 2.23. The lowest BCUT2D eigenvalue weighted by molar-refractivity contribution is -0.153. The largest absolute Gasteiger partial charge is 0.459 e. The molecule has 0 aromatic heterocycles. The zero-order chi connectivity index (χ0) is 21.7. The average molecular weight is 415 g/mol. The molecule has 0 spiro atoms. The molecule has 2 N–H and O–H groups in total. The van der Waals surface area contributed by atoms with Crippen LogP contribution in [0.3, 0.4) is 0 Å². The lowest BCUT2D eigenvalue weighted by Crippen LogP contribution is -2.34. The molecule has 152 valence electrons. The molecule has 9 heteroatoms. The number of benzene rings is 2. The van der Waals surface area contributed by atoms with Gasteiger partial charge in [-0.05, 0) is 69.3 Å². The Bertz CT molecular complexity index is 1030. The van der Waals surface area contributed by atoms with E-state index in [2.05, 4.69) is 10.0 Å². The molecule has 0 fully saturated rings. The zero-order valence-corrected chi connectivity index (χ0v) is 17.0. The van der Waals surface area contributed by atoms with Crippen molar-refractivity contribution in [2.75, 3.05) is 11.9 Å². The van der Waals surface area contributed by atoms with E-state index in [0.717, 1.165) is 0 Å². The first-order chi connectivity index (χ1) is 13.5. The number of ether oxygens (including phenoxy) is 1. The van der Waals surface area contributed by atoms with Crippen LogP contribution in [0.15, 0.2) is 53.4 Å². The van der Waals surface area contributed by atoms with E-state index in [4.69, 9.17) is 10.00 Å². The number of hydrogen-bond donors (Lipinski definition) is 2. The molecule has 0 aliphatic carbocycles. The average Bonchev–Trinajstić information content (AvgIpc) is 2.65. The monoisotopic (exact) mass is 415 g/mol.